The van der Waals surface area contributed by atoms with E-state index >= 15 is 0 Å². The van der Waals surface area contributed by atoms with Gasteiger partial charge in [-0.05, 0) is 6.42 Å². The largest absolute Gasteiger partial charge is 0.369 e. The van der Waals surface area contributed by atoms with Crippen molar-refractivity contribution in [1.82, 2.24) is 0 Å². The van der Waals surface area contributed by atoms with E-state index in [-0.39, 0.29) is 6.61 Å². The molecule has 0 bridgehead atoms. The molecule has 4 heteroatoms. The topological polar surface area (TPSA) is 26.3 Å². The lowest BCUT2D eigenvalue weighted by Gasteiger charge is -2.12. The van der Waals surface area contributed by atoms with Gasteiger partial charge in [0.25, 0.3) is 0 Å². The van der Waals surface area contributed by atoms with Crippen LogP contribution in [0.2, 0.25) is 0 Å². The van der Waals surface area contributed by atoms with Gasteiger partial charge in [0, 0.05) is 0 Å². The van der Waals surface area contributed by atoms with Gasteiger partial charge in [0.15, 0.2) is 0 Å². The van der Waals surface area contributed by atoms with Gasteiger partial charge in [-0.25, -0.2) is 0 Å². The molecule has 0 rings (SSSR count). The fraction of sp³-hybridized carbons (Fsp3) is 1.00. The zero-order valence-electron chi connectivity index (χ0n) is 7.34. The maximum Gasteiger partial charge on any atom is 0.369 e. The van der Waals surface area contributed by atoms with Gasteiger partial charge in [-0.15, -0.1) is 0 Å². The highest BCUT2D eigenvalue weighted by Gasteiger charge is 2.26. The number of hydrogen-bond donors (Lipinski definition) is 0. The average Bonchev–Trinajstić information content (AvgIpc) is 1.88. The van der Waals surface area contributed by atoms with E-state index in [2.05, 4.69) is 4.52 Å². The van der Waals surface area contributed by atoms with Crippen LogP contribution in [0.4, 0.5) is 4.20 Å². The molecule has 0 spiro atoms. The molecule has 2 nitrogen and oxygen atoms in total. The summed E-state index contributed by atoms with van der Waals surface area (Å²) in [5.41, 5.74) is -0.514. The van der Waals surface area contributed by atoms with E-state index < -0.39 is 13.3 Å². The van der Waals surface area contributed by atoms with Crippen LogP contribution in [0.15, 0.2) is 0 Å². The lowest BCUT2D eigenvalue weighted by molar-refractivity contribution is 0.276. The molecule has 0 aliphatic carbocycles. The SMILES string of the molecule is CCCCOP(=O)(F)C(C)C. The first-order valence-corrected chi connectivity index (χ1v) is 5.53. The molecule has 0 fully saturated rings. The Hall–Kier alpha value is 0.120. The molecule has 11 heavy (non-hydrogen) atoms. The monoisotopic (exact) mass is 182 g/mol. The van der Waals surface area contributed by atoms with Crippen LogP contribution in [-0.4, -0.2) is 12.3 Å². The van der Waals surface area contributed by atoms with E-state index in [0.29, 0.717) is 0 Å². The minimum Gasteiger partial charge on any atom is -0.305 e. The van der Waals surface area contributed by atoms with E-state index in [1.165, 1.54) is 0 Å². The maximum absolute atomic E-state index is 12.9. The predicted octanol–water partition coefficient (Wildman–Crippen LogP) is 3.37. The van der Waals surface area contributed by atoms with E-state index in [4.69, 9.17) is 0 Å². The van der Waals surface area contributed by atoms with Gasteiger partial charge in [0.05, 0.1) is 12.3 Å². The highest BCUT2D eigenvalue weighted by atomic mass is 31.2. The number of rotatable bonds is 5. The Bertz CT molecular complexity index is 147. The first kappa shape index (κ1) is 11.1. The van der Waals surface area contributed by atoms with Crippen molar-refractivity contribution in [1.29, 1.82) is 0 Å². The Balaban J connectivity index is 3.65. The van der Waals surface area contributed by atoms with Crippen LogP contribution in [0.1, 0.15) is 33.6 Å². The molecular formula is C7H16FO2P. The van der Waals surface area contributed by atoms with Crippen molar-refractivity contribution in [2.24, 2.45) is 0 Å². The third-order valence-electron chi connectivity index (χ3n) is 1.38. The summed E-state index contributed by atoms with van der Waals surface area (Å²) in [7, 11) is -3.79. The third-order valence-corrected chi connectivity index (χ3v) is 3.15. The minimum atomic E-state index is -3.79. The van der Waals surface area contributed by atoms with E-state index in [1.54, 1.807) is 13.8 Å². The second-order valence-electron chi connectivity index (χ2n) is 2.80. The summed E-state index contributed by atoms with van der Waals surface area (Å²) >= 11 is 0. The van der Waals surface area contributed by atoms with Gasteiger partial charge in [0.1, 0.15) is 0 Å². The maximum atomic E-state index is 12.9. The molecule has 0 aliphatic rings. The van der Waals surface area contributed by atoms with Crippen LogP contribution in [0.3, 0.4) is 0 Å². The smallest absolute Gasteiger partial charge is 0.305 e. The van der Waals surface area contributed by atoms with Crippen molar-refractivity contribution in [2.75, 3.05) is 6.61 Å². The molecular weight excluding hydrogens is 166 g/mol. The van der Waals surface area contributed by atoms with Crippen LogP contribution >= 0.6 is 7.68 Å². The minimum absolute atomic E-state index is 0.266. The van der Waals surface area contributed by atoms with Crippen molar-refractivity contribution in [3.8, 4) is 0 Å². The van der Waals surface area contributed by atoms with E-state index in [9.17, 15) is 8.76 Å². The van der Waals surface area contributed by atoms with Gasteiger partial charge in [-0.3, -0.25) is 4.57 Å². The summed E-state index contributed by atoms with van der Waals surface area (Å²) in [6.07, 6.45) is 1.69. The molecule has 0 heterocycles. The molecule has 0 aromatic carbocycles. The Morgan fingerprint density at radius 2 is 2.09 bits per heavy atom. The quantitative estimate of drug-likeness (QED) is 0.481. The number of hydrogen-bond acceptors (Lipinski definition) is 2. The summed E-state index contributed by atoms with van der Waals surface area (Å²) in [6, 6.07) is 0. The fourth-order valence-corrected chi connectivity index (χ4v) is 1.16. The molecule has 0 saturated carbocycles. The van der Waals surface area contributed by atoms with Crippen molar-refractivity contribution in [3.63, 3.8) is 0 Å². The standard InChI is InChI=1S/C7H16FO2P/c1-4-5-6-10-11(8,9)7(2)3/h7H,4-6H2,1-3H3. The molecule has 0 aromatic heterocycles. The van der Waals surface area contributed by atoms with Crippen molar-refractivity contribution < 1.29 is 13.3 Å². The normalized spacial score (nSPS) is 16.8. The van der Waals surface area contributed by atoms with Crippen molar-refractivity contribution in [2.45, 2.75) is 39.3 Å². The lowest BCUT2D eigenvalue weighted by Crippen LogP contribution is -1.98. The molecule has 0 aliphatic heterocycles. The van der Waals surface area contributed by atoms with E-state index in [1.807, 2.05) is 6.92 Å². The average molecular weight is 182 g/mol. The molecule has 0 amide bonds. The second kappa shape index (κ2) is 4.89. The van der Waals surface area contributed by atoms with Gasteiger partial charge in [-0.2, -0.15) is 4.20 Å². The number of unbranched alkanes of at least 4 members (excludes halogenated alkanes) is 1. The predicted molar refractivity (Wildman–Crippen MR) is 44.7 cm³/mol. The summed E-state index contributed by atoms with van der Waals surface area (Å²) in [4.78, 5) is 0. The van der Waals surface area contributed by atoms with Crippen LogP contribution < -0.4 is 0 Å². The molecule has 1 unspecified atom stereocenters. The van der Waals surface area contributed by atoms with Crippen LogP contribution in [-0.2, 0) is 9.09 Å². The molecule has 0 saturated heterocycles. The molecule has 68 valence electrons. The summed E-state index contributed by atoms with van der Waals surface area (Å²) < 4.78 is 28.4. The zero-order valence-corrected chi connectivity index (χ0v) is 8.23. The third kappa shape index (κ3) is 4.54. The summed E-state index contributed by atoms with van der Waals surface area (Å²) in [5, 5.41) is 0. The Labute approximate surface area is 67.7 Å². The fourth-order valence-electron chi connectivity index (χ4n) is 0.482. The molecule has 1 atom stereocenters. The van der Waals surface area contributed by atoms with Gasteiger partial charge >= 0.3 is 7.68 Å². The summed E-state index contributed by atoms with van der Waals surface area (Å²) in [6.45, 7) is 5.36. The Kier molecular flexibility index (Phi) is 4.94. The van der Waals surface area contributed by atoms with Crippen molar-refractivity contribution in [3.05, 3.63) is 0 Å². The first-order chi connectivity index (χ1) is 5.00. The molecule has 0 N–H and O–H groups in total. The Morgan fingerprint density at radius 3 is 2.45 bits per heavy atom. The zero-order chi connectivity index (χ0) is 8.91. The molecule has 0 aromatic rings. The first-order valence-electron chi connectivity index (χ1n) is 3.94. The van der Waals surface area contributed by atoms with Crippen LogP contribution in [0.5, 0.6) is 0 Å². The van der Waals surface area contributed by atoms with Gasteiger partial charge < -0.3 is 4.52 Å². The van der Waals surface area contributed by atoms with Gasteiger partial charge in [0.2, 0.25) is 0 Å². The lowest BCUT2D eigenvalue weighted by atomic mass is 10.4. The van der Waals surface area contributed by atoms with E-state index in [0.717, 1.165) is 12.8 Å². The highest BCUT2D eigenvalue weighted by Crippen LogP contribution is 2.53. The molecule has 0 radical (unpaired) electrons. The Morgan fingerprint density at radius 1 is 1.55 bits per heavy atom. The second-order valence-corrected chi connectivity index (χ2v) is 5.13. The summed E-state index contributed by atoms with van der Waals surface area (Å²) in [5.74, 6) is 0. The number of halogens is 1. The van der Waals surface area contributed by atoms with Crippen molar-refractivity contribution >= 4 is 7.68 Å². The van der Waals surface area contributed by atoms with Gasteiger partial charge in [-0.1, -0.05) is 27.2 Å². The highest BCUT2D eigenvalue weighted by molar-refractivity contribution is 7.54. The van der Waals surface area contributed by atoms with Crippen LogP contribution in [0.25, 0.3) is 0 Å². The van der Waals surface area contributed by atoms with Crippen LogP contribution in [0, 0.1) is 0 Å².